The van der Waals surface area contributed by atoms with E-state index in [4.69, 9.17) is 9.72 Å². The fourth-order valence-corrected chi connectivity index (χ4v) is 4.82. The van der Waals surface area contributed by atoms with Crippen molar-refractivity contribution in [3.8, 4) is 11.3 Å². The van der Waals surface area contributed by atoms with Crippen LogP contribution in [-0.2, 0) is 11.3 Å². The lowest BCUT2D eigenvalue weighted by Gasteiger charge is -2.34. The summed E-state index contributed by atoms with van der Waals surface area (Å²) < 4.78 is 5.44. The number of nitrogens with one attached hydrogen (secondary N) is 1. The van der Waals surface area contributed by atoms with Crippen LogP contribution in [-0.4, -0.2) is 65.5 Å². The molecule has 2 saturated heterocycles. The summed E-state index contributed by atoms with van der Waals surface area (Å²) in [6.45, 7) is 5.54. The van der Waals surface area contributed by atoms with Gasteiger partial charge in [0.2, 0.25) is 5.95 Å². The molecule has 0 aliphatic carbocycles. The molecule has 0 amide bonds. The molecule has 2 aromatic carbocycles. The highest BCUT2D eigenvalue weighted by atomic mass is 16.5. The molecule has 178 valence electrons. The van der Waals surface area contributed by atoms with Gasteiger partial charge in [0, 0.05) is 48.8 Å². The fraction of sp³-hybridized carbons (Fsp3) is 0.407. The minimum absolute atomic E-state index is 0.230. The largest absolute Gasteiger partial charge is 0.395 e. The van der Waals surface area contributed by atoms with Gasteiger partial charge in [-0.15, -0.1) is 0 Å². The molecule has 5 rings (SSSR count). The van der Waals surface area contributed by atoms with Gasteiger partial charge in [-0.25, -0.2) is 9.97 Å². The van der Waals surface area contributed by atoms with Crippen molar-refractivity contribution in [2.75, 3.05) is 49.7 Å². The van der Waals surface area contributed by atoms with Gasteiger partial charge in [-0.05, 0) is 61.3 Å². The van der Waals surface area contributed by atoms with Crippen LogP contribution in [0.3, 0.4) is 0 Å². The number of piperidine rings is 1. The van der Waals surface area contributed by atoms with Crippen LogP contribution in [0.5, 0.6) is 0 Å². The van der Waals surface area contributed by atoms with Crippen LogP contribution < -0.4 is 10.2 Å². The molecule has 1 unspecified atom stereocenters. The van der Waals surface area contributed by atoms with Gasteiger partial charge >= 0.3 is 0 Å². The highest BCUT2D eigenvalue weighted by molar-refractivity contribution is 5.64. The number of rotatable bonds is 7. The molecular weight excluding hydrogens is 426 g/mol. The van der Waals surface area contributed by atoms with Gasteiger partial charge in [0.15, 0.2) is 0 Å². The van der Waals surface area contributed by atoms with Crippen LogP contribution in [0.1, 0.15) is 24.8 Å². The Hall–Kier alpha value is -3.00. The van der Waals surface area contributed by atoms with E-state index in [-0.39, 0.29) is 12.6 Å². The normalized spacial score (nSPS) is 19.2. The highest BCUT2D eigenvalue weighted by Gasteiger charge is 2.21. The summed E-state index contributed by atoms with van der Waals surface area (Å²) in [5.41, 5.74) is 5.37. The molecule has 2 fully saturated rings. The van der Waals surface area contributed by atoms with Crippen molar-refractivity contribution in [1.29, 1.82) is 0 Å². The van der Waals surface area contributed by atoms with Crippen LogP contribution in [0, 0.1) is 0 Å². The van der Waals surface area contributed by atoms with Crippen molar-refractivity contribution < 1.29 is 9.84 Å². The lowest BCUT2D eigenvalue weighted by atomic mass is 10.0. The van der Waals surface area contributed by atoms with Crippen molar-refractivity contribution in [2.45, 2.75) is 31.8 Å². The first-order valence-corrected chi connectivity index (χ1v) is 12.3. The topological polar surface area (TPSA) is 73.8 Å². The van der Waals surface area contributed by atoms with E-state index in [1.165, 1.54) is 24.1 Å². The van der Waals surface area contributed by atoms with Gasteiger partial charge in [0.05, 0.1) is 25.5 Å². The summed E-state index contributed by atoms with van der Waals surface area (Å²) in [7, 11) is 0. The van der Waals surface area contributed by atoms with E-state index in [1.807, 2.05) is 6.07 Å². The van der Waals surface area contributed by atoms with Crippen LogP contribution in [0.4, 0.5) is 17.3 Å². The molecule has 7 heteroatoms. The summed E-state index contributed by atoms with van der Waals surface area (Å²) in [6.07, 6.45) is 5.27. The third-order valence-corrected chi connectivity index (χ3v) is 6.72. The Morgan fingerprint density at radius 3 is 2.68 bits per heavy atom. The molecule has 0 saturated carbocycles. The number of hydrogen-bond acceptors (Lipinski definition) is 7. The molecule has 0 bridgehead atoms. The van der Waals surface area contributed by atoms with E-state index in [9.17, 15) is 5.11 Å². The van der Waals surface area contributed by atoms with Gasteiger partial charge in [-0.1, -0.05) is 24.6 Å². The second-order valence-corrected chi connectivity index (χ2v) is 9.04. The van der Waals surface area contributed by atoms with E-state index in [1.54, 1.807) is 6.20 Å². The minimum Gasteiger partial charge on any atom is -0.395 e. The number of anilines is 3. The van der Waals surface area contributed by atoms with Gasteiger partial charge in [-0.2, -0.15) is 0 Å². The first-order chi connectivity index (χ1) is 16.8. The molecule has 2 aliphatic rings. The van der Waals surface area contributed by atoms with Crippen molar-refractivity contribution in [3.63, 3.8) is 0 Å². The lowest BCUT2D eigenvalue weighted by Crippen LogP contribution is -2.41. The zero-order chi connectivity index (χ0) is 23.2. The quantitative estimate of drug-likeness (QED) is 0.552. The average molecular weight is 460 g/mol. The Balaban J connectivity index is 1.27. The Morgan fingerprint density at radius 2 is 1.85 bits per heavy atom. The molecular formula is C27H33N5O2. The maximum atomic E-state index is 9.73. The maximum absolute atomic E-state index is 9.73. The van der Waals surface area contributed by atoms with Gasteiger partial charge in [0.25, 0.3) is 0 Å². The molecule has 2 aliphatic heterocycles. The average Bonchev–Trinajstić information content (AvgIpc) is 2.90. The number of morpholine rings is 1. The standard InChI is InChI=1S/C27H33N5O2/c33-20-25-6-1-2-13-32(25)19-21-4-3-5-22(18-21)26-11-12-28-27(30-26)29-23-7-9-24(10-8-23)31-14-16-34-17-15-31/h3-5,7-12,18,25,33H,1-2,6,13-17,19-20H2,(H,28,29,30). The molecule has 3 aromatic rings. The number of aromatic nitrogens is 2. The monoisotopic (exact) mass is 459 g/mol. The van der Waals surface area contributed by atoms with Crippen LogP contribution in [0.2, 0.25) is 0 Å². The van der Waals surface area contributed by atoms with Gasteiger partial charge in [-0.3, -0.25) is 4.90 Å². The Morgan fingerprint density at radius 1 is 1.00 bits per heavy atom. The molecule has 7 nitrogen and oxygen atoms in total. The van der Waals surface area contributed by atoms with E-state index in [0.29, 0.717) is 5.95 Å². The predicted octanol–water partition coefficient (Wildman–Crippen LogP) is 4.07. The summed E-state index contributed by atoms with van der Waals surface area (Å²) in [5.74, 6) is 0.582. The van der Waals surface area contributed by atoms with E-state index < -0.39 is 0 Å². The number of aliphatic hydroxyl groups is 1. The van der Waals surface area contributed by atoms with E-state index >= 15 is 0 Å². The first-order valence-electron chi connectivity index (χ1n) is 12.3. The van der Waals surface area contributed by atoms with Crippen molar-refractivity contribution in [1.82, 2.24) is 14.9 Å². The Kier molecular flexibility index (Phi) is 7.34. The summed E-state index contributed by atoms with van der Waals surface area (Å²) in [5, 5.41) is 13.1. The molecule has 0 spiro atoms. The number of nitrogens with zero attached hydrogens (tertiary/aromatic N) is 4. The molecule has 2 N–H and O–H groups in total. The van der Waals surface area contributed by atoms with Crippen molar-refractivity contribution in [3.05, 3.63) is 66.4 Å². The number of hydrogen-bond donors (Lipinski definition) is 2. The SMILES string of the molecule is OCC1CCCCN1Cc1cccc(-c2ccnc(Nc3ccc(N4CCOCC4)cc3)n2)c1. The highest BCUT2D eigenvalue weighted by Crippen LogP contribution is 2.25. The number of likely N-dealkylation sites (tertiary alicyclic amines) is 1. The van der Waals surface area contributed by atoms with Crippen LogP contribution in [0.15, 0.2) is 60.8 Å². The first kappa shape index (κ1) is 22.8. The summed E-state index contributed by atoms with van der Waals surface area (Å²) in [4.78, 5) is 13.9. The molecule has 3 heterocycles. The van der Waals surface area contributed by atoms with Crippen molar-refractivity contribution >= 4 is 17.3 Å². The Bertz CT molecular complexity index is 1070. The third-order valence-electron chi connectivity index (χ3n) is 6.72. The number of aliphatic hydroxyl groups excluding tert-OH is 1. The molecule has 1 atom stereocenters. The maximum Gasteiger partial charge on any atom is 0.227 e. The number of benzene rings is 2. The summed E-state index contributed by atoms with van der Waals surface area (Å²) >= 11 is 0. The second kappa shape index (κ2) is 11.0. The fourth-order valence-electron chi connectivity index (χ4n) is 4.82. The van der Waals surface area contributed by atoms with Crippen LogP contribution >= 0.6 is 0 Å². The van der Waals surface area contributed by atoms with E-state index in [0.717, 1.165) is 62.8 Å². The van der Waals surface area contributed by atoms with Crippen molar-refractivity contribution in [2.24, 2.45) is 0 Å². The minimum atomic E-state index is 0.230. The zero-order valence-electron chi connectivity index (χ0n) is 19.6. The molecule has 34 heavy (non-hydrogen) atoms. The second-order valence-electron chi connectivity index (χ2n) is 9.04. The lowest BCUT2D eigenvalue weighted by molar-refractivity contribution is 0.0841. The smallest absolute Gasteiger partial charge is 0.227 e. The Labute approximate surface area is 201 Å². The van der Waals surface area contributed by atoms with Gasteiger partial charge < -0.3 is 20.1 Å². The predicted molar refractivity (Wildman–Crippen MR) is 135 cm³/mol. The van der Waals surface area contributed by atoms with Crippen LogP contribution in [0.25, 0.3) is 11.3 Å². The third kappa shape index (κ3) is 5.55. The summed E-state index contributed by atoms with van der Waals surface area (Å²) in [6, 6.07) is 19.1. The zero-order valence-corrected chi connectivity index (χ0v) is 19.6. The van der Waals surface area contributed by atoms with E-state index in [2.05, 4.69) is 68.6 Å². The number of ether oxygens (including phenoxy) is 1. The van der Waals surface area contributed by atoms with Gasteiger partial charge in [0.1, 0.15) is 0 Å². The molecule has 0 radical (unpaired) electrons. The molecule has 1 aromatic heterocycles.